The molecule has 4 aliphatic carbocycles. The van der Waals surface area contributed by atoms with Crippen molar-refractivity contribution in [2.75, 3.05) is 39.5 Å². The van der Waals surface area contributed by atoms with Crippen LogP contribution in [0.5, 0.6) is 0 Å². The standard InChI is InChI=1S/2C30H44N4O/c2*1-2-7-22-14-21(6-1)15-26(16-22)33-24-8-5-9-25(33)19-27(18-24)34-29-11-4-3-10-28(29)32-30(34)17-23-20-35-13-12-31-23/h2*3-4,10-11,21-27,31H,1-2,5-9,12-20H2/t2*21-,22+,23-,24-,25+,26?,27?/m10/s1. The number of imidazole rings is 2. The first kappa shape index (κ1) is 46.9. The number of rotatable bonds is 8. The maximum Gasteiger partial charge on any atom is 0.111 e. The van der Waals surface area contributed by atoms with Crippen LogP contribution in [0.4, 0.5) is 0 Å². The molecule has 10 heteroatoms. The molecule has 4 aromatic rings. The van der Waals surface area contributed by atoms with Gasteiger partial charge in [-0.1, -0.05) is 88.5 Å². The Hall–Kier alpha value is -2.86. The number of nitrogens with zero attached hydrogens (tertiary/aromatic N) is 6. The molecule has 4 unspecified atom stereocenters. The molecule has 0 spiro atoms. The highest BCUT2D eigenvalue weighted by molar-refractivity contribution is 5.77. The van der Waals surface area contributed by atoms with E-state index in [0.29, 0.717) is 24.2 Å². The van der Waals surface area contributed by atoms with Gasteiger partial charge in [0, 0.05) is 86.3 Å². The molecule has 8 bridgehead atoms. The summed E-state index contributed by atoms with van der Waals surface area (Å²) in [5.74, 6) is 6.58. The van der Waals surface area contributed by atoms with Crippen LogP contribution in [0.25, 0.3) is 22.1 Å². The Morgan fingerprint density at radius 1 is 0.414 bits per heavy atom. The summed E-state index contributed by atoms with van der Waals surface area (Å²) < 4.78 is 16.9. The predicted octanol–water partition coefficient (Wildman–Crippen LogP) is 11.0. The molecular weight excluding hydrogens is 865 g/mol. The zero-order valence-electron chi connectivity index (χ0n) is 42.8. The number of piperidine rings is 4. The number of para-hydroxylation sites is 4. The van der Waals surface area contributed by atoms with Crippen molar-refractivity contribution >= 4 is 22.1 Å². The number of hydrogen-bond donors (Lipinski definition) is 2. The number of morpholine rings is 2. The number of ether oxygens (including phenoxy) is 2. The molecule has 10 aliphatic rings. The van der Waals surface area contributed by atoms with Gasteiger partial charge in [-0.3, -0.25) is 9.80 Å². The van der Waals surface area contributed by atoms with Crippen LogP contribution in [0.3, 0.4) is 0 Å². The summed E-state index contributed by atoms with van der Waals surface area (Å²) in [7, 11) is 0. The lowest BCUT2D eigenvalue weighted by atomic mass is 9.73. The second-order valence-corrected chi connectivity index (χ2v) is 25.0. The first-order chi connectivity index (χ1) is 34.6. The van der Waals surface area contributed by atoms with Crippen molar-refractivity contribution in [3.63, 3.8) is 0 Å². The lowest BCUT2D eigenvalue weighted by molar-refractivity contribution is -0.0422. The monoisotopic (exact) mass is 953 g/mol. The lowest BCUT2D eigenvalue weighted by Gasteiger charge is -2.54. The van der Waals surface area contributed by atoms with Crippen LogP contribution < -0.4 is 10.6 Å². The van der Waals surface area contributed by atoms with Crippen LogP contribution >= 0.6 is 0 Å². The van der Waals surface area contributed by atoms with Crippen LogP contribution in [-0.2, 0) is 22.3 Å². The predicted molar refractivity (Wildman–Crippen MR) is 281 cm³/mol. The summed E-state index contributed by atoms with van der Waals surface area (Å²) in [4.78, 5) is 16.6. The van der Waals surface area contributed by atoms with Gasteiger partial charge in [-0.25, -0.2) is 9.97 Å². The van der Waals surface area contributed by atoms with Gasteiger partial charge in [0.25, 0.3) is 0 Å². The number of hydrogen-bond acceptors (Lipinski definition) is 8. The third kappa shape index (κ3) is 9.83. The molecule has 8 heterocycles. The zero-order valence-corrected chi connectivity index (χ0v) is 42.8. The van der Waals surface area contributed by atoms with E-state index in [1.54, 1.807) is 0 Å². The van der Waals surface area contributed by atoms with Gasteiger partial charge in [0.1, 0.15) is 11.6 Å². The quantitative estimate of drug-likeness (QED) is 0.181. The molecule has 2 aromatic carbocycles. The summed E-state index contributed by atoms with van der Waals surface area (Å²) in [6.45, 7) is 5.18. The van der Waals surface area contributed by atoms with E-state index in [-0.39, 0.29) is 0 Å². The molecule has 70 heavy (non-hydrogen) atoms. The Kier molecular flexibility index (Phi) is 14.2. The molecule has 0 amide bonds. The molecule has 10 fully saturated rings. The molecule has 10 nitrogen and oxygen atoms in total. The number of nitrogens with one attached hydrogen (secondary N) is 2. The second-order valence-electron chi connectivity index (χ2n) is 25.0. The van der Waals surface area contributed by atoms with E-state index >= 15 is 0 Å². The van der Waals surface area contributed by atoms with Gasteiger partial charge in [-0.15, -0.1) is 0 Å². The number of fused-ring (bicyclic) bond motifs is 10. The Morgan fingerprint density at radius 3 is 1.17 bits per heavy atom. The fraction of sp³-hybridized carbons (Fsp3) is 0.767. The van der Waals surface area contributed by atoms with Crippen molar-refractivity contribution in [3.05, 3.63) is 60.2 Å². The van der Waals surface area contributed by atoms with E-state index in [4.69, 9.17) is 19.4 Å². The minimum atomic E-state index is 0.379. The van der Waals surface area contributed by atoms with Gasteiger partial charge < -0.3 is 29.2 Å². The van der Waals surface area contributed by atoms with Crippen LogP contribution in [-0.4, -0.2) is 117 Å². The minimum absolute atomic E-state index is 0.379. The molecule has 6 aliphatic heterocycles. The van der Waals surface area contributed by atoms with Gasteiger partial charge in [-0.2, -0.15) is 0 Å². The smallest absolute Gasteiger partial charge is 0.111 e. The van der Waals surface area contributed by atoms with Crippen LogP contribution in [0.1, 0.15) is 178 Å². The maximum atomic E-state index is 5.79. The van der Waals surface area contributed by atoms with E-state index < -0.39 is 0 Å². The summed E-state index contributed by atoms with van der Waals surface area (Å²) in [5, 5.41) is 7.34. The Balaban J connectivity index is 0.000000137. The van der Waals surface area contributed by atoms with Crippen LogP contribution in [0.15, 0.2) is 48.5 Å². The third-order valence-corrected chi connectivity index (χ3v) is 20.5. The van der Waals surface area contributed by atoms with Crippen molar-refractivity contribution in [3.8, 4) is 0 Å². The Bertz CT molecular complexity index is 2130. The van der Waals surface area contributed by atoms with Gasteiger partial charge >= 0.3 is 0 Å². The van der Waals surface area contributed by atoms with E-state index in [1.165, 1.54) is 188 Å². The van der Waals surface area contributed by atoms with Crippen molar-refractivity contribution < 1.29 is 9.47 Å². The fourth-order valence-electron chi connectivity index (χ4n) is 17.8. The van der Waals surface area contributed by atoms with Crippen molar-refractivity contribution in [2.24, 2.45) is 23.7 Å². The molecule has 2 N–H and O–H groups in total. The van der Waals surface area contributed by atoms with Gasteiger partial charge in [0.05, 0.1) is 48.5 Å². The van der Waals surface area contributed by atoms with Gasteiger partial charge in [-0.05, 0) is 138 Å². The average molecular weight is 953 g/mol. The van der Waals surface area contributed by atoms with E-state index in [2.05, 4.69) is 78.1 Å². The molecule has 4 saturated carbocycles. The summed E-state index contributed by atoms with van der Waals surface area (Å²) in [6.07, 6.45) is 36.6. The largest absolute Gasteiger partial charge is 0.379 e. The first-order valence-electron chi connectivity index (χ1n) is 29.7. The maximum absolute atomic E-state index is 5.79. The SMILES string of the molecule is c1ccc2c(c1)nc(C[C@@H]1COCCN1)n2C1C[C@H]2CCC[C@@H](C1)N2C1C[C@H]2CCCC[C@@H](C1)C2.c1ccc2c(c1)nc(C[C@H]1COCCN1)n2C1C[C@H]2CCC[C@@H](C1)N2C1C[C@H]2CCCC[C@@H](C1)C2. The fourth-order valence-corrected chi connectivity index (χ4v) is 17.8. The molecule has 380 valence electrons. The molecule has 14 atom stereocenters. The average Bonchev–Trinajstić information content (AvgIpc) is 3.81. The minimum Gasteiger partial charge on any atom is -0.379 e. The molecule has 2 aromatic heterocycles. The molecule has 14 rings (SSSR count). The van der Waals surface area contributed by atoms with Gasteiger partial charge in [0.15, 0.2) is 0 Å². The normalized spacial score (nSPS) is 38.3. The Morgan fingerprint density at radius 2 is 0.800 bits per heavy atom. The number of aromatic nitrogens is 4. The molecule has 0 radical (unpaired) electrons. The summed E-state index contributed by atoms with van der Waals surface area (Å²) >= 11 is 0. The van der Waals surface area contributed by atoms with Crippen molar-refractivity contribution in [1.29, 1.82) is 0 Å². The third-order valence-electron chi connectivity index (χ3n) is 20.5. The molecule has 6 saturated heterocycles. The topological polar surface area (TPSA) is 84.6 Å². The highest BCUT2D eigenvalue weighted by Crippen LogP contribution is 2.50. The molecular formula is C60H88N8O2. The lowest BCUT2D eigenvalue weighted by Crippen LogP contribution is -2.58. The number of benzene rings is 2. The zero-order chi connectivity index (χ0) is 46.4. The summed E-state index contributed by atoms with van der Waals surface area (Å²) in [5.41, 5.74) is 5.03. The van der Waals surface area contributed by atoms with E-state index in [1.807, 2.05) is 0 Å². The highest BCUT2D eigenvalue weighted by atomic mass is 16.5. The second kappa shape index (κ2) is 21.2. The van der Waals surface area contributed by atoms with Crippen molar-refractivity contribution in [1.82, 2.24) is 39.5 Å². The summed E-state index contributed by atoms with van der Waals surface area (Å²) in [6, 6.07) is 24.4. The van der Waals surface area contributed by atoms with Crippen LogP contribution in [0, 0.1) is 23.7 Å². The first-order valence-corrected chi connectivity index (χ1v) is 29.7. The van der Waals surface area contributed by atoms with E-state index in [0.717, 1.165) is 112 Å². The highest BCUT2D eigenvalue weighted by Gasteiger charge is 2.47. The van der Waals surface area contributed by atoms with Crippen LogP contribution in [0.2, 0.25) is 0 Å². The Labute approximate surface area is 420 Å². The van der Waals surface area contributed by atoms with Gasteiger partial charge in [0.2, 0.25) is 0 Å². The van der Waals surface area contributed by atoms with Crippen molar-refractivity contribution in [2.45, 2.75) is 227 Å². The van der Waals surface area contributed by atoms with E-state index in [9.17, 15) is 0 Å².